The molecule has 106 valence electrons. The molecule has 19 heavy (non-hydrogen) atoms. The standard InChI is InChI=1S/C16H27N3/c1-14-4-6-16(7-5-14)15(2)17-8-9-19-12-10-18(3)11-13-19/h4-7,15,17H,8-13H2,1-3H3/t15-/m0/s1. The topological polar surface area (TPSA) is 18.5 Å². The lowest BCUT2D eigenvalue weighted by Crippen LogP contribution is -2.46. The van der Waals surface area contributed by atoms with E-state index in [9.17, 15) is 0 Å². The average molecular weight is 261 g/mol. The number of nitrogens with zero attached hydrogens (tertiary/aromatic N) is 2. The van der Waals surface area contributed by atoms with Crippen molar-refractivity contribution >= 4 is 0 Å². The highest BCUT2D eigenvalue weighted by atomic mass is 15.2. The normalized spacial score (nSPS) is 19.5. The first-order valence-electron chi connectivity index (χ1n) is 7.36. The largest absolute Gasteiger partial charge is 0.309 e. The number of benzene rings is 1. The second-order valence-electron chi connectivity index (χ2n) is 5.73. The molecule has 0 aliphatic carbocycles. The molecule has 0 amide bonds. The summed E-state index contributed by atoms with van der Waals surface area (Å²) in [7, 11) is 2.20. The third-order valence-corrected chi connectivity index (χ3v) is 4.05. The second kappa shape index (κ2) is 7.04. The smallest absolute Gasteiger partial charge is 0.0292 e. The van der Waals surface area contributed by atoms with Gasteiger partial charge in [-0.3, -0.25) is 4.90 Å². The minimum atomic E-state index is 0.438. The Labute approximate surface area is 117 Å². The molecule has 1 aromatic rings. The summed E-state index contributed by atoms with van der Waals surface area (Å²) in [6.45, 7) is 11.4. The fraction of sp³-hybridized carbons (Fsp3) is 0.625. The molecular formula is C16H27N3. The van der Waals surface area contributed by atoms with Crippen LogP contribution in [0.4, 0.5) is 0 Å². The quantitative estimate of drug-likeness (QED) is 0.873. The van der Waals surface area contributed by atoms with Crippen molar-refractivity contribution in [3.05, 3.63) is 35.4 Å². The molecule has 0 unspecified atom stereocenters. The van der Waals surface area contributed by atoms with E-state index in [0.29, 0.717) is 6.04 Å². The molecule has 0 bridgehead atoms. The van der Waals surface area contributed by atoms with Gasteiger partial charge in [-0.05, 0) is 26.5 Å². The maximum Gasteiger partial charge on any atom is 0.0292 e. The van der Waals surface area contributed by atoms with E-state index >= 15 is 0 Å². The second-order valence-corrected chi connectivity index (χ2v) is 5.73. The summed E-state index contributed by atoms with van der Waals surface area (Å²) in [5, 5.41) is 3.62. The third-order valence-electron chi connectivity index (χ3n) is 4.05. The van der Waals surface area contributed by atoms with Crippen molar-refractivity contribution in [3.8, 4) is 0 Å². The Kier molecular flexibility index (Phi) is 5.37. The predicted octanol–water partition coefficient (Wildman–Crippen LogP) is 1.89. The molecule has 1 fully saturated rings. The number of aryl methyl sites for hydroxylation is 1. The van der Waals surface area contributed by atoms with Gasteiger partial charge in [0.05, 0.1) is 0 Å². The van der Waals surface area contributed by atoms with Crippen LogP contribution in [0.5, 0.6) is 0 Å². The Morgan fingerprint density at radius 2 is 1.74 bits per heavy atom. The summed E-state index contributed by atoms with van der Waals surface area (Å²) in [6.07, 6.45) is 0. The molecule has 0 saturated carbocycles. The van der Waals surface area contributed by atoms with Crippen LogP contribution in [0.25, 0.3) is 0 Å². The molecule has 1 saturated heterocycles. The molecule has 0 radical (unpaired) electrons. The van der Waals surface area contributed by atoms with Gasteiger partial charge < -0.3 is 10.2 Å². The zero-order valence-electron chi connectivity index (χ0n) is 12.5. The van der Waals surface area contributed by atoms with Crippen molar-refractivity contribution < 1.29 is 0 Å². The molecule has 1 N–H and O–H groups in total. The minimum Gasteiger partial charge on any atom is -0.309 e. The highest BCUT2D eigenvalue weighted by Crippen LogP contribution is 2.12. The van der Waals surface area contributed by atoms with Gasteiger partial charge in [-0.1, -0.05) is 29.8 Å². The van der Waals surface area contributed by atoms with Gasteiger partial charge in [-0.15, -0.1) is 0 Å². The van der Waals surface area contributed by atoms with Gasteiger partial charge in [0.15, 0.2) is 0 Å². The van der Waals surface area contributed by atoms with Crippen molar-refractivity contribution in [2.24, 2.45) is 0 Å². The summed E-state index contributed by atoms with van der Waals surface area (Å²) >= 11 is 0. The van der Waals surface area contributed by atoms with Gasteiger partial charge in [-0.25, -0.2) is 0 Å². The number of nitrogens with one attached hydrogen (secondary N) is 1. The van der Waals surface area contributed by atoms with E-state index in [2.05, 4.69) is 60.3 Å². The van der Waals surface area contributed by atoms with E-state index in [1.165, 1.54) is 37.3 Å². The van der Waals surface area contributed by atoms with Gasteiger partial charge >= 0.3 is 0 Å². The SMILES string of the molecule is Cc1ccc([C@H](C)NCCN2CCN(C)CC2)cc1. The zero-order chi connectivity index (χ0) is 13.7. The molecule has 1 aromatic carbocycles. The van der Waals surface area contributed by atoms with E-state index in [0.717, 1.165) is 13.1 Å². The lowest BCUT2D eigenvalue weighted by atomic mass is 10.1. The Hall–Kier alpha value is -0.900. The lowest BCUT2D eigenvalue weighted by molar-refractivity contribution is 0.154. The van der Waals surface area contributed by atoms with E-state index in [1.54, 1.807) is 0 Å². The molecule has 1 heterocycles. The van der Waals surface area contributed by atoms with E-state index in [-0.39, 0.29) is 0 Å². The van der Waals surface area contributed by atoms with Gasteiger partial charge in [-0.2, -0.15) is 0 Å². The van der Waals surface area contributed by atoms with Crippen LogP contribution in [0.15, 0.2) is 24.3 Å². The fourth-order valence-electron chi connectivity index (χ4n) is 2.48. The van der Waals surface area contributed by atoms with Crippen molar-refractivity contribution in [1.82, 2.24) is 15.1 Å². The summed E-state index contributed by atoms with van der Waals surface area (Å²) < 4.78 is 0. The van der Waals surface area contributed by atoms with Crippen LogP contribution >= 0.6 is 0 Å². The molecule has 0 spiro atoms. The number of hydrogen-bond donors (Lipinski definition) is 1. The number of rotatable bonds is 5. The average Bonchev–Trinajstić information content (AvgIpc) is 2.41. The Morgan fingerprint density at radius 1 is 1.11 bits per heavy atom. The van der Waals surface area contributed by atoms with Crippen LogP contribution in [-0.2, 0) is 0 Å². The molecule has 1 atom stereocenters. The first-order chi connectivity index (χ1) is 9.15. The molecule has 1 aliphatic heterocycles. The highest BCUT2D eigenvalue weighted by molar-refractivity contribution is 5.23. The molecular weight excluding hydrogens is 234 g/mol. The fourth-order valence-corrected chi connectivity index (χ4v) is 2.48. The monoisotopic (exact) mass is 261 g/mol. The highest BCUT2D eigenvalue weighted by Gasteiger charge is 2.13. The predicted molar refractivity (Wildman–Crippen MR) is 81.5 cm³/mol. The van der Waals surface area contributed by atoms with Crippen LogP contribution in [0.1, 0.15) is 24.1 Å². The Morgan fingerprint density at radius 3 is 2.37 bits per heavy atom. The van der Waals surface area contributed by atoms with E-state index in [4.69, 9.17) is 0 Å². The van der Waals surface area contributed by atoms with Crippen LogP contribution in [0, 0.1) is 6.92 Å². The van der Waals surface area contributed by atoms with Crippen LogP contribution in [0.2, 0.25) is 0 Å². The van der Waals surface area contributed by atoms with Crippen LogP contribution in [0.3, 0.4) is 0 Å². The van der Waals surface area contributed by atoms with Gasteiger partial charge in [0.2, 0.25) is 0 Å². The molecule has 3 nitrogen and oxygen atoms in total. The summed E-state index contributed by atoms with van der Waals surface area (Å²) in [6, 6.07) is 9.27. The zero-order valence-corrected chi connectivity index (χ0v) is 12.5. The third kappa shape index (κ3) is 4.60. The van der Waals surface area contributed by atoms with Crippen LogP contribution < -0.4 is 5.32 Å². The minimum absolute atomic E-state index is 0.438. The van der Waals surface area contributed by atoms with Crippen molar-refractivity contribution in [3.63, 3.8) is 0 Å². The molecule has 0 aromatic heterocycles. The first kappa shape index (κ1) is 14.5. The van der Waals surface area contributed by atoms with E-state index in [1.807, 2.05) is 0 Å². The van der Waals surface area contributed by atoms with Crippen LogP contribution in [-0.4, -0.2) is 56.1 Å². The summed E-state index contributed by atoms with van der Waals surface area (Å²) in [5.41, 5.74) is 2.71. The molecule has 1 aliphatic rings. The Balaban J connectivity index is 1.69. The summed E-state index contributed by atoms with van der Waals surface area (Å²) in [4.78, 5) is 4.95. The lowest BCUT2D eigenvalue weighted by Gasteiger charge is -2.32. The van der Waals surface area contributed by atoms with Crippen molar-refractivity contribution in [2.75, 3.05) is 46.3 Å². The van der Waals surface area contributed by atoms with Gasteiger partial charge in [0.25, 0.3) is 0 Å². The number of likely N-dealkylation sites (N-methyl/N-ethyl adjacent to an activating group) is 1. The van der Waals surface area contributed by atoms with Crippen molar-refractivity contribution in [1.29, 1.82) is 0 Å². The molecule has 2 rings (SSSR count). The Bertz CT molecular complexity index is 366. The first-order valence-corrected chi connectivity index (χ1v) is 7.36. The van der Waals surface area contributed by atoms with Gasteiger partial charge in [0, 0.05) is 45.3 Å². The number of piperazine rings is 1. The summed E-state index contributed by atoms with van der Waals surface area (Å²) in [5.74, 6) is 0. The van der Waals surface area contributed by atoms with E-state index < -0.39 is 0 Å². The maximum absolute atomic E-state index is 3.62. The molecule has 3 heteroatoms. The van der Waals surface area contributed by atoms with Crippen molar-refractivity contribution in [2.45, 2.75) is 19.9 Å². The maximum atomic E-state index is 3.62. The van der Waals surface area contributed by atoms with Gasteiger partial charge in [0.1, 0.15) is 0 Å². The number of hydrogen-bond acceptors (Lipinski definition) is 3.